The Hall–Kier alpha value is -1.17. The highest BCUT2D eigenvalue weighted by molar-refractivity contribution is 6.35. The first-order valence-electron chi connectivity index (χ1n) is 9.66. The van der Waals surface area contributed by atoms with Gasteiger partial charge >= 0.3 is 0 Å². The van der Waals surface area contributed by atoms with Crippen molar-refractivity contribution in [2.75, 3.05) is 26.9 Å². The van der Waals surface area contributed by atoms with E-state index in [-0.39, 0.29) is 19.0 Å². The van der Waals surface area contributed by atoms with Crippen LogP contribution in [0.2, 0.25) is 10.0 Å². The Morgan fingerprint density at radius 2 is 1.69 bits per heavy atom. The van der Waals surface area contributed by atoms with E-state index in [1.54, 1.807) is 19.2 Å². The van der Waals surface area contributed by atoms with Gasteiger partial charge in [-0.3, -0.25) is 0 Å². The fourth-order valence-corrected chi connectivity index (χ4v) is 3.15. The summed E-state index contributed by atoms with van der Waals surface area (Å²) in [6.45, 7) is 5.79. The SMILES string of the molecule is CCCCOCCCNCc1ccc(OCc2c(Cl)cccc2Cl)c(OC)c1.Cl. The van der Waals surface area contributed by atoms with Gasteiger partial charge in [-0.2, -0.15) is 0 Å². The van der Waals surface area contributed by atoms with E-state index in [9.17, 15) is 0 Å². The molecule has 0 heterocycles. The number of unbranched alkanes of at least 4 members (excludes halogenated alkanes) is 1. The van der Waals surface area contributed by atoms with E-state index < -0.39 is 0 Å². The number of hydrogen-bond donors (Lipinski definition) is 1. The molecular formula is C22H30Cl3NO3. The first-order chi connectivity index (χ1) is 13.7. The first kappa shape index (κ1) is 25.9. The molecule has 29 heavy (non-hydrogen) atoms. The summed E-state index contributed by atoms with van der Waals surface area (Å²) in [6, 6.07) is 11.3. The number of rotatable bonds is 13. The molecule has 0 atom stereocenters. The molecule has 0 spiro atoms. The van der Waals surface area contributed by atoms with Crippen molar-refractivity contribution in [2.45, 2.75) is 39.3 Å². The van der Waals surface area contributed by atoms with E-state index in [2.05, 4.69) is 12.2 Å². The Morgan fingerprint density at radius 1 is 0.966 bits per heavy atom. The summed E-state index contributed by atoms with van der Waals surface area (Å²) in [5, 5.41) is 4.60. The van der Waals surface area contributed by atoms with Crippen LogP contribution < -0.4 is 14.8 Å². The van der Waals surface area contributed by atoms with Crippen LogP contribution in [0.15, 0.2) is 36.4 Å². The van der Waals surface area contributed by atoms with Gasteiger partial charge in [0.25, 0.3) is 0 Å². The van der Waals surface area contributed by atoms with Crippen LogP contribution in [-0.4, -0.2) is 26.9 Å². The van der Waals surface area contributed by atoms with E-state index in [4.69, 9.17) is 37.4 Å². The Balaban J connectivity index is 0.00000420. The van der Waals surface area contributed by atoms with E-state index in [1.807, 2.05) is 24.3 Å². The van der Waals surface area contributed by atoms with Crippen molar-refractivity contribution in [1.29, 1.82) is 0 Å². The molecule has 2 aromatic carbocycles. The zero-order valence-corrected chi connectivity index (χ0v) is 19.3. The maximum Gasteiger partial charge on any atom is 0.161 e. The molecule has 0 saturated heterocycles. The monoisotopic (exact) mass is 461 g/mol. The Bertz CT molecular complexity index is 708. The highest BCUT2D eigenvalue weighted by Gasteiger charge is 2.10. The van der Waals surface area contributed by atoms with Crippen molar-refractivity contribution >= 4 is 35.6 Å². The van der Waals surface area contributed by atoms with Crippen molar-refractivity contribution in [3.8, 4) is 11.5 Å². The standard InChI is InChI=1S/C22H29Cl2NO3.ClH/c1-3-4-12-27-13-6-11-25-15-17-9-10-21(22(14-17)26-2)28-16-18-19(23)7-5-8-20(18)24;/h5,7-10,14,25H,3-4,6,11-13,15-16H2,1-2H3;1H. The third-order valence-electron chi connectivity index (χ3n) is 4.28. The molecule has 0 saturated carbocycles. The van der Waals surface area contributed by atoms with Gasteiger partial charge in [0.1, 0.15) is 6.61 Å². The summed E-state index contributed by atoms with van der Waals surface area (Å²) in [6.07, 6.45) is 3.30. The second-order valence-electron chi connectivity index (χ2n) is 6.47. The van der Waals surface area contributed by atoms with Crippen LogP contribution in [-0.2, 0) is 17.9 Å². The summed E-state index contributed by atoms with van der Waals surface area (Å²) < 4.78 is 16.9. The number of hydrogen-bond acceptors (Lipinski definition) is 4. The van der Waals surface area contributed by atoms with Gasteiger partial charge in [0.2, 0.25) is 0 Å². The lowest BCUT2D eigenvalue weighted by molar-refractivity contribution is 0.129. The largest absolute Gasteiger partial charge is 0.493 e. The van der Waals surface area contributed by atoms with Gasteiger partial charge < -0.3 is 19.5 Å². The minimum Gasteiger partial charge on any atom is -0.493 e. The van der Waals surface area contributed by atoms with Crippen LogP contribution in [0.3, 0.4) is 0 Å². The summed E-state index contributed by atoms with van der Waals surface area (Å²) in [4.78, 5) is 0. The quantitative estimate of drug-likeness (QED) is 0.355. The number of methoxy groups -OCH3 is 1. The smallest absolute Gasteiger partial charge is 0.161 e. The molecular weight excluding hydrogens is 433 g/mol. The van der Waals surface area contributed by atoms with Crippen molar-refractivity contribution in [1.82, 2.24) is 5.32 Å². The molecule has 0 fully saturated rings. The Labute approximate surface area is 190 Å². The third kappa shape index (κ3) is 9.02. The zero-order valence-electron chi connectivity index (χ0n) is 17.0. The van der Waals surface area contributed by atoms with Crippen LogP contribution in [0.5, 0.6) is 11.5 Å². The van der Waals surface area contributed by atoms with Gasteiger partial charge in [-0.15, -0.1) is 12.4 Å². The van der Waals surface area contributed by atoms with Gasteiger partial charge in [0, 0.05) is 35.4 Å². The molecule has 0 aromatic heterocycles. The second kappa shape index (κ2) is 14.8. The minimum absolute atomic E-state index is 0. The van der Waals surface area contributed by atoms with Gasteiger partial charge in [-0.1, -0.05) is 48.7 Å². The topological polar surface area (TPSA) is 39.7 Å². The molecule has 0 aliphatic heterocycles. The minimum atomic E-state index is 0. The average Bonchev–Trinajstić information content (AvgIpc) is 2.70. The normalized spacial score (nSPS) is 10.5. The molecule has 0 radical (unpaired) electrons. The summed E-state index contributed by atoms with van der Waals surface area (Å²) in [7, 11) is 1.63. The molecule has 0 bridgehead atoms. The highest BCUT2D eigenvalue weighted by atomic mass is 35.5. The van der Waals surface area contributed by atoms with Gasteiger partial charge in [-0.05, 0) is 49.2 Å². The predicted octanol–water partition coefficient (Wildman–Crippen LogP) is 6.30. The first-order valence-corrected chi connectivity index (χ1v) is 10.4. The maximum atomic E-state index is 6.20. The lowest BCUT2D eigenvalue weighted by Gasteiger charge is -2.14. The van der Waals surface area contributed by atoms with Crippen LogP contribution in [0.4, 0.5) is 0 Å². The van der Waals surface area contributed by atoms with Gasteiger partial charge in [-0.25, -0.2) is 0 Å². The summed E-state index contributed by atoms with van der Waals surface area (Å²) in [5.74, 6) is 1.34. The predicted molar refractivity (Wildman–Crippen MR) is 123 cm³/mol. The molecule has 0 unspecified atom stereocenters. The second-order valence-corrected chi connectivity index (χ2v) is 7.28. The molecule has 1 N–H and O–H groups in total. The van der Waals surface area contributed by atoms with E-state index in [0.29, 0.717) is 21.5 Å². The Kier molecular flexibility index (Phi) is 13.2. The molecule has 0 amide bonds. The summed E-state index contributed by atoms with van der Waals surface area (Å²) >= 11 is 12.4. The van der Waals surface area contributed by atoms with Gasteiger partial charge in [0.05, 0.1) is 7.11 Å². The molecule has 162 valence electrons. The number of ether oxygens (including phenoxy) is 3. The molecule has 2 rings (SSSR count). The van der Waals surface area contributed by atoms with Crippen LogP contribution in [0.25, 0.3) is 0 Å². The molecule has 4 nitrogen and oxygen atoms in total. The average molecular weight is 463 g/mol. The third-order valence-corrected chi connectivity index (χ3v) is 4.98. The maximum absolute atomic E-state index is 6.20. The van der Waals surface area contributed by atoms with E-state index in [1.165, 1.54) is 6.42 Å². The highest BCUT2D eigenvalue weighted by Crippen LogP contribution is 2.31. The van der Waals surface area contributed by atoms with Crippen LogP contribution in [0, 0.1) is 0 Å². The fourth-order valence-electron chi connectivity index (χ4n) is 2.64. The number of nitrogens with one attached hydrogen (secondary N) is 1. The lowest BCUT2D eigenvalue weighted by Crippen LogP contribution is -2.16. The fraction of sp³-hybridized carbons (Fsp3) is 0.455. The van der Waals surface area contributed by atoms with Crippen molar-refractivity contribution in [2.24, 2.45) is 0 Å². The van der Waals surface area contributed by atoms with Gasteiger partial charge in [0.15, 0.2) is 11.5 Å². The Morgan fingerprint density at radius 3 is 2.38 bits per heavy atom. The zero-order chi connectivity index (χ0) is 20.2. The number of halogens is 3. The number of benzene rings is 2. The van der Waals surface area contributed by atoms with E-state index in [0.717, 1.165) is 50.3 Å². The molecule has 0 aliphatic rings. The summed E-state index contributed by atoms with van der Waals surface area (Å²) in [5.41, 5.74) is 1.90. The van der Waals surface area contributed by atoms with E-state index >= 15 is 0 Å². The lowest BCUT2D eigenvalue weighted by atomic mass is 10.2. The van der Waals surface area contributed by atoms with Crippen LogP contribution in [0.1, 0.15) is 37.3 Å². The molecule has 2 aromatic rings. The molecule has 7 heteroatoms. The van der Waals surface area contributed by atoms with Crippen LogP contribution >= 0.6 is 35.6 Å². The van der Waals surface area contributed by atoms with Crippen molar-refractivity contribution < 1.29 is 14.2 Å². The van der Waals surface area contributed by atoms with Crippen molar-refractivity contribution in [3.05, 3.63) is 57.6 Å². The van der Waals surface area contributed by atoms with Crippen molar-refractivity contribution in [3.63, 3.8) is 0 Å². The molecule has 0 aliphatic carbocycles.